The molecule has 0 saturated carbocycles. The van der Waals surface area contributed by atoms with Gasteiger partial charge in [0, 0.05) is 24.6 Å². The zero-order valence-electron chi connectivity index (χ0n) is 15.2. The lowest BCUT2D eigenvalue weighted by Crippen LogP contribution is -2.52. The van der Waals surface area contributed by atoms with Gasteiger partial charge in [0.05, 0.1) is 37.6 Å². The van der Waals surface area contributed by atoms with E-state index < -0.39 is 0 Å². The molecule has 2 N–H and O–H groups in total. The number of rotatable bonds is 5. The van der Waals surface area contributed by atoms with Crippen molar-refractivity contribution < 1.29 is 14.3 Å². The SMILES string of the molecule is COc1cncc(C(=O)N[C@H]2CCOC[C@H]2Nc2ccnc(C)n2)c1C. The summed E-state index contributed by atoms with van der Waals surface area (Å²) in [7, 11) is 1.56. The number of nitrogens with zero attached hydrogens (tertiary/aromatic N) is 3. The Morgan fingerprint density at radius 3 is 2.92 bits per heavy atom. The molecule has 1 aliphatic heterocycles. The van der Waals surface area contributed by atoms with Crippen molar-refractivity contribution in [2.45, 2.75) is 32.4 Å². The van der Waals surface area contributed by atoms with Crippen molar-refractivity contribution in [2.75, 3.05) is 25.6 Å². The molecule has 1 saturated heterocycles. The highest BCUT2D eigenvalue weighted by Crippen LogP contribution is 2.20. The molecule has 0 unspecified atom stereocenters. The molecule has 2 atom stereocenters. The van der Waals surface area contributed by atoms with E-state index in [0.717, 1.165) is 5.56 Å². The normalized spacial score (nSPS) is 19.7. The summed E-state index contributed by atoms with van der Waals surface area (Å²) in [5.41, 5.74) is 1.27. The van der Waals surface area contributed by atoms with Crippen LogP contribution in [0.3, 0.4) is 0 Å². The molecule has 1 amide bonds. The van der Waals surface area contributed by atoms with Crippen LogP contribution in [0.15, 0.2) is 24.7 Å². The number of pyridine rings is 1. The molecule has 8 heteroatoms. The molecule has 1 aliphatic rings. The molecule has 0 bridgehead atoms. The first kappa shape index (κ1) is 18.1. The van der Waals surface area contributed by atoms with Crippen molar-refractivity contribution in [1.29, 1.82) is 0 Å². The van der Waals surface area contributed by atoms with Gasteiger partial charge in [-0.25, -0.2) is 9.97 Å². The molecule has 3 rings (SSSR count). The first-order valence-corrected chi connectivity index (χ1v) is 8.52. The fraction of sp³-hybridized carbons (Fsp3) is 0.444. The second-order valence-electron chi connectivity index (χ2n) is 6.20. The Bertz CT molecular complexity index is 783. The second kappa shape index (κ2) is 8.09. The molecule has 2 aromatic rings. The van der Waals surface area contributed by atoms with Crippen LogP contribution in [0.5, 0.6) is 5.75 Å². The second-order valence-corrected chi connectivity index (χ2v) is 6.20. The Kier molecular flexibility index (Phi) is 5.62. The summed E-state index contributed by atoms with van der Waals surface area (Å²) in [6.07, 6.45) is 5.57. The number of methoxy groups -OCH3 is 1. The summed E-state index contributed by atoms with van der Waals surface area (Å²) in [6, 6.07) is 1.63. The van der Waals surface area contributed by atoms with Crippen LogP contribution < -0.4 is 15.4 Å². The number of ether oxygens (including phenoxy) is 2. The van der Waals surface area contributed by atoms with E-state index in [9.17, 15) is 4.79 Å². The lowest BCUT2D eigenvalue weighted by Gasteiger charge is -2.33. The summed E-state index contributed by atoms with van der Waals surface area (Å²) in [5, 5.41) is 6.43. The minimum Gasteiger partial charge on any atom is -0.495 e. The van der Waals surface area contributed by atoms with Crippen LogP contribution in [0.4, 0.5) is 5.82 Å². The number of carbonyl (C=O) groups is 1. The van der Waals surface area contributed by atoms with Crippen LogP contribution in [0.25, 0.3) is 0 Å². The van der Waals surface area contributed by atoms with Gasteiger partial charge in [-0.3, -0.25) is 9.78 Å². The largest absolute Gasteiger partial charge is 0.495 e. The molecule has 3 heterocycles. The van der Waals surface area contributed by atoms with Gasteiger partial charge in [0.2, 0.25) is 0 Å². The third-order valence-corrected chi connectivity index (χ3v) is 4.42. The maximum atomic E-state index is 12.8. The standard InChI is InChI=1S/C18H23N5O3/c1-11-13(8-19-9-16(11)25-3)18(24)23-14-5-7-26-10-15(14)22-17-4-6-20-12(2)21-17/h4,6,8-9,14-15H,5,7,10H2,1-3H3,(H,23,24)(H,20,21,22)/t14-,15+/m0/s1. The van der Waals surface area contributed by atoms with E-state index in [2.05, 4.69) is 25.6 Å². The van der Waals surface area contributed by atoms with Gasteiger partial charge in [-0.2, -0.15) is 0 Å². The number of amides is 1. The van der Waals surface area contributed by atoms with Crippen LogP contribution in [-0.4, -0.2) is 53.3 Å². The van der Waals surface area contributed by atoms with Gasteiger partial charge in [-0.15, -0.1) is 0 Å². The van der Waals surface area contributed by atoms with Crippen molar-refractivity contribution in [3.63, 3.8) is 0 Å². The van der Waals surface area contributed by atoms with Crippen LogP contribution in [0, 0.1) is 13.8 Å². The molecular weight excluding hydrogens is 334 g/mol. The Morgan fingerprint density at radius 1 is 1.31 bits per heavy atom. The predicted octanol–water partition coefficient (Wildman–Crippen LogP) is 1.50. The molecule has 2 aromatic heterocycles. The van der Waals surface area contributed by atoms with E-state index in [1.807, 2.05) is 13.8 Å². The topological polar surface area (TPSA) is 98.3 Å². The van der Waals surface area contributed by atoms with Crippen molar-refractivity contribution in [3.8, 4) is 5.75 Å². The van der Waals surface area contributed by atoms with E-state index in [-0.39, 0.29) is 18.0 Å². The molecule has 8 nitrogen and oxygen atoms in total. The average molecular weight is 357 g/mol. The van der Waals surface area contributed by atoms with E-state index in [4.69, 9.17) is 9.47 Å². The lowest BCUT2D eigenvalue weighted by molar-refractivity contribution is 0.0619. The van der Waals surface area contributed by atoms with Gasteiger partial charge in [0.1, 0.15) is 17.4 Å². The highest BCUT2D eigenvalue weighted by atomic mass is 16.5. The van der Waals surface area contributed by atoms with Gasteiger partial charge in [-0.1, -0.05) is 0 Å². The van der Waals surface area contributed by atoms with Crippen LogP contribution >= 0.6 is 0 Å². The number of aromatic nitrogens is 3. The predicted molar refractivity (Wildman–Crippen MR) is 96.4 cm³/mol. The highest BCUT2D eigenvalue weighted by Gasteiger charge is 2.28. The smallest absolute Gasteiger partial charge is 0.253 e. The highest BCUT2D eigenvalue weighted by molar-refractivity contribution is 5.96. The number of hydrogen-bond donors (Lipinski definition) is 2. The summed E-state index contributed by atoms with van der Waals surface area (Å²) < 4.78 is 10.8. The third-order valence-electron chi connectivity index (χ3n) is 4.42. The molecule has 0 radical (unpaired) electrons. The maximum absolute atomic E-state index is 12.8. The molecule has 138 valence electrons. The number of aryl methyl sites for hydroxylation is 1. The Balaban J connectivity index is 1.73. The lowest BCUT2D eigenvalue weighted by atomic mass is 10.0. The number of anilines is 1. The molecule has 0 aromatic carbocycles. The minimum absolute atomic E-state index is 0.0825. The number of carbonyl (C=O) groups excluding carboxylic acids is 1. The number of nitrogens with one attached hydrogen (secondary N) is 2. The van der Waals surface area contributed by atoms with Gasteiger partial charge in [0.15, 0.2) is 0 Å². The molecule has 0 spiro atoms. The van der Waals surface area contributed by atoms with Crippen molar-refractivity contribution >= 4 is 11.7 Å². The zero-order chi connectivity index (χ0) is 18.5. The van der Waals surface area contributed by atoms with Crippen molar-refractivity contribution in [2.24, 2.45) is 0 Å². The fourth-order valence-electron chi connectivity index (χ4n) is 2.97. The van der Waals surface area contributed by atoms with E-state index >= 15 is 0 Å². The summed E-state index contributed by atoms with van der Waals surface area (Å²) in [6.45, 7) is 4.77. The minimum atomic E-state index is -0.175. The number of hydrogen-bond acceptors (Lipinski definition) is 7. The first-order chi connectivity index (χ1) is 12.6. The summed E-state index contributed by atoms with van der Waals surface area (Å²) in [5.74, 6) is 1.82. The van der Waals surface area contributed by atoms with Crippen LogP contribution in [0.1, 0.15) is 28.2 Å². The third kappa shape index (κ3) is 4.08. The molecule has 0 aliphatic carbocycles. The van der Waals surface area contributed by atoms with Gasteiger partial charge in [-0.05, 0) is 26.3 Å². The van der Waals surface area contributed by atoms with Gasteiger partial charge >= 0.3 is 0 Å². The van der Waals surface area contributed by atoms with Crippen molar-refractivity contribution in [3.05, 3.63) is 41.6 Å². The van der Waals surface area contributed by atoms with E-state index in [1.54, 1.807) is 31.8 Å². The van der Waals surface area contributed by atoms with E-state index in [0.29, 0.717) is 42.6 Å². The Labute approximate surface area is 152 Å². The molecule has 26 heavy (non-hydrogen) atoms. The van der Waals surface area contributed by atoms with E-state index in [1.165, 1.54) is 0 Å². The fourth-order valence-corrected chi connectivity index (χ4v) is 2.97. The molecular formula is C18H23N5O3. The van der Waals surface area contributed by atoms with Crippen LogP contribution in [-0.2, 0) is 4.74 Å². The quantitative estimate of drug-likeness (QED) is 0.836. The Hall–Kier alpha value is -2.74. The van der Waals surface area contributed by atoms with Gasteiger partial charge in [0.25, 0.3) is 5.91 Å². The zero-order valence-corrected chi connectivity index (χ0v) is 15.2. The van der Waals surface area contributed by atoms with Crippen LogP contribution in [0.2, 0.25) is 0 Å². The Morgan fingerprint density at radius 2 is 2.15 bits per heavy atom. The monoisotopic (exact) mass is 357 g/mol. The first-order valence-electron chi connectivity index (χ1n) is 8.52. The summed E-state index contributed by atoms with van der Waals surface area (Å²) >= 11 is 0. The average Bonchev–Trinajstić information content (AvgIpc) is 2.63. The van der Waals surface area contributed by atoms with Gasteiger partial charge < -0.3 is 20.1 Å². The molecule has 1 fully saturated rings. The van der Waals surface area contributed by atoms with Crippen molar-refractivity contribution in [1.82, 2.24) is 20.3 Å². The maximum Gasteiger partial charge on any atom is 0.253 e. The summed E-state index contributed by atoms with van der Waals surface area (Å²) in [4.78, 5) is 25.3.